The van der Waals surface area contributed by atoms with Gasteiger partial charge in [0.25, 0.3) is 5.91 Å². The van der Waals surface area contributed by atoms with Crippen LogP contribution in [-0.2, 0) is 11.2 Å². The zero-order valence-electron chi connectivity index (χ0n) is 17.6. The van der Waals surface area contributed by atoms with Crippen molar-refractivity contribution in [3.05, 3.63) is 80.0 Å². The quantitative estimate of drug-likeness (QED) is 0.392. The number of nitro groups is 1. The molecule has 1 aromatic heterocycles. The van der Waals surface area contributed by atoms with E-state index in [4.69, 9.17) is 14.2 Å². The number of benzene rings is 2. The van der Waals surface area contributed by atoms with Crippen LogP contribution in [0, 0.1) is 10.1 Å². The van der Waals surface area contributed by atoms with E-state index < -0.39 is 4.92 Å². The predicted molar refractivity (Wildman–Crippen MR) is 120 cm³/mol. The molecular weight excluding hydrogens is 432 g/mol. The molecule has 1 aliphatic heterocycles. The van der Waals surface area contributed by atoms with Crippen LogP contribution < -0.4 is 14.2 Å². The Morgan fingerprint density at radius 2 is 1.88 bits per heavy atom. The molecule has 2 aromatic carbocycles. The molecule has 3 aromatic rings. The van der Waals surface area contributed by atoms with E-state index >= 15 is 0 Å². The Hall–Kier alpha value is -3.59. The number of amides is 1. The Balaban J connectivity index is 1.64. The first-order chi connectivity index (χ1) is 15.5. The standard InChI is InChI=1S/C23H22N2O6S/c1-29-19-12-15-9-10-24(22(26)14-31-18-7-4-3-6-17(18)25(27)28)23(21-8-5-11-32-21)16(15)13-20(19)30-2/h3-8,11-13,23H,9-10,14H2,1-2H3. The Morgan fingerprint density at radius 1 is 1.12 bits per heavy atom. The maximum atomic E-state index is 13.2. The van der Waals surface area contributed by atoms with Crippen LogP contribution in [0.25, 0.3) is 0 Å². The molecular formula is C23H22N2O6S. The molecule has 0 aliphatic carbocycles. The zero-order valence-corrected chi connectivity index (χ0v) is 18.5. The fraction of sp³-hybridized carbons (Fsp3) is 0.261. The molecule has 0 saturated carbocycles. The third-order valence-electron chi connectivity index (χ3n) is 5.42. The highest BCUT2D eigenvalue weighted by molar-refractivity contribution is 7.10. The fourth-order valence-electron chi connectivity index (χ4n) is 3.92. The molecule has 0 N–H and O–H groups in total. The first-order valence-corrected chi connectivity index (χ1v) is 10.8. The molecule has 1 atom stereocenters. The second-order valence-corrected chi connectivity index (χ2v) is 8.15. The average molecular weight is 455 g/mol. The minimum absolute atomic E-state index is 0.0716. The predicted octanol–water partition coefficient (Wildman–Crippen LogP) is 4.23. The van der Waals surface area contributed by atoms with Gasteiger partial charge < -0.3 is 19.1 Å². The summed E-state index contributed by atoms with van der Waals surface area (Å²) in [6.45, 7) is 0.194. The lowest BCUT2D eigenvalue weighted by molar-refractivity contribution is -0.385. The van der Waals surface area contributed by atoms with Crippen molar-refractivity contribution >= 4 is 22.9 Å². The lowest BCUT2D eigenvalue weighted by Gasteiger charge is -2.37. The first-order valence-electron chi connectivity index (χ1n) is 9.97. The zero-order chi connectivity index (χ0) is 22.7. The fourth-order valence-corrected chi connectivity index (χ4v) is 4.78. The summed E-state index contributed by atoms with van der Waals surface area (Å²) in [5, 5.41) is 13.2. The summed E-state index contributed by atoms with van der Waals surface area (Å²) in [4.78, 5) is 26.7. The highest BCUT2D eigenvalue weighted by Gasteiger charge is 2.34. The first kappa shape index (κ1) is 21.6. The van der Waals surface area contributed by atoms with Crippen LogP contribution >= 0.6 is 11.3 Å². The van der Waals surface area contributed by atoms with Gasteiger partial charge in [0.1, 0.15) is 0 Å². The van der Waals surface area contributed by atoms with Crippen LogP contribution in [0.15, 0.2) is 53.9 Å². The third-order valence-corrected chi connectivity index (χ3v) is 6.34. The summed E-state index contributed by atoms with van der Waals surface area (Å²) in [6.07, 6.45) is 0.648. The van der Waals surface area contributed by atoms with Crippen LogP contribution in [0.1, 0.15) is 22.0 Å². The topological polar surface area (TPSA) is 91.1 Å². The normalized spacial score (nSPS) is 15.1. The molecule has 1 amide bonds. The Kier molecular flexibility index (Phi) is 6.27. The van der Waals surface area contributed by atoms with Gasteiger partial charge in [0.15, 0.2) is 23.9 Å². The third kappa shape index (κ3) is 4.11. The minimum atomic E-state index is -0.523. The van der Waals surface area contributed by atoms with Gasteiger partial charge in [0.2, 0.25) is 0 Å². The minimum Gasteiger partial charge on any atom is -0.493 e. The van der Waals surface area contributed by atoms with E-state index in [1.807, 2.05) is 29.6 Å². The molecule has 1 aliphatic rings. The number of hydrogen-bond acceptors (Lipinski definition) is 7. The number of carbonyl (C=O) groups excluding carboxylic acids is 1. The Morgan fingerprint density at radius 3 is 2.56 bits per heavy atom. The summed E-state index contributed by atoms with van der Waals surface area (Å²) < 4.78 is 16.5. The SMILES string of the molecule is COc1cc2c(cc1OC)C(c1cccs1)N(C(=O)COc1ccccc1[N+](=O)[O-])CC2. The number of nitrogens with zero attached hydrogens (tertiary/aromatic N) is 2. The molecule has 8 nitrogen and oxygen atoms in total. The van der Waals surface area contributed by atoms with Gasteiger partial charge in [0, 0.05) is 17.5 Å². The molecule has 0 saturated heterocycles. The maximum Gasteiger partial charge on any atom is 0.310 e. The van der Waals surface area contributed by atoms with Crippen molar-refractivity contribution in [2.24, 2.45) is 0 Å². The van der Waals surface area contributed by atoms with Gasteiger partial charge in [-0.2, -0.15) is 0 Å². The number of ether oxygens (including phenoxy) is 3. The second-order valence-electron chi connectivity index (χ2n) is 7.17. The van der Waals surface area contributed by atoms with Gasteiger partial charge >= 0.3 is 5.69 Å². The summed E-state index contributed by atoms with van der Waals surface area (Å²) in [5.41, 5.74) is 1.89. The summed E-state index contributed by atoms with van der Waals surface area (Å²) >= 11 is 1.56. The molecule has 0 radical (unpaired) electrons. The molecule has 9 heteroatoms. The number of hydrogen-bond donors (Lipinski definition) is 0. The molecule has 0 spiro atoms. The number of rotatable bonds is 7. The van der Waals surface area contributed by atoms with Crippen LogP contribution in [-0.4, -0.2) is 43.1 Å². The summed E-state index contributed by atoms with van der Waals surface area (Å²) in [7, 11) is 3.18. The van der Waals surface area contributed by atoms with Crippen molar-refractivity contribution in [2.45, 2.75) is 12.5 Å². The van der Waals surface area contributed by atoms with Crippen molar-refractivity contribution in [1.29, 1.82) is 0 Å². The van der Waals surface area contributed by atoms with E-state index in [1.54, 1.807) is 42.6 Å². The molecule has 4 rings (SSSR count). The van der Waals surface area contributed by atoms with Crippen molar-refractivity contribution in [3.63, 3.8) is 0 Å². The lowest BCUT2D eigenvalue weighted by Crippen LogP contribution is -2.42. The average Bonchev–Trinajstić information content (AvgIpc) is 3.35. The van der Waals surface area contributed by atoms with Gasteiger partial charge in [-0.1, -0.05) is 18.2 Å². The summed E-state index contributed by atoms with van der Waals surface area (Å²) in [6, 6.07) is 13.5. The van der Waals surface area contributed by atoms with Crippen LogP contribution in [0.3, 0.4) is 0 Å². The van der Waals surface area contributed by atoms with Gasteiger partial charge in [-0.25, -0.2) is 0 Å². The highest BCUT2D eigenvalue weighted by atomic mass is 32.1. The number of para-hydroxylation sites is 2. The van der Waals surface area contributed by atoms with E-state index in [2.05, 4.69) is 0 Å². The van der Waals surface area contributed by atoms with Crippen molar-refractivity contribution in [2.75, 3.05) is 27.4 Å². The number of thiophene rings is 1. The smallest absolute Gasteiger partial charge is 0.310 e. The van der Waals surface area contributed by atoms with E-state index in [0.717, 1.165) is 16.0 Å². The van der Waals surface area contributed by atoms with Crippen molar-refractivity contribution in [3.8, 4) is 17.2 Å². The van der Waals surface area contributed by atoms with E-state index in [9.17, 15) is 14.9 Å². The monoisotopic (exact) mass is 454 g/mol. The largest absolute Gasteiger partial charge is 0.493 e. The van der Waals surface area contributed by atoms with Crippen molar-refractivity contribution in [1.82, 2.24) is 4.90 Å². The van der Waals surface area contributed by atoms with E-state index in [0.29, 0.717) is 24.5 Å². The van der Waals surface area contributed by atoms with Gasteiger partial charge in [-0.15, -0.1) is 11.3 Å². The van der Waals surface area contributed by atoms with E-state index in [1.165, 1.54) is 12.1 Å². The molecule has 2 heterocycles. The van der Waals surface area contributed by atoms with Crippen molar-refractivity contribution < 1.29 is 23.9 Å². The van der Waals surface area contributed by atoms with Crippen LogP contribution in [0.5, 0.6) is 17.2 Å². The van der Waals surface area contributed by atoms with Crippen LogP contribution in [0.4, 0.5) is 5.69 Å². The second kappa shape index (κ2) is 9.27. The molecule has 1 unspecified atom stereocenters. The molecule has 0 bridgehead atoms. The Labute approximate surface area is 189 Å². The van der Waals surface area contributed by atoms with E-state index in [-0.39, 0.29) is 30.0 Å². The molecule has 0 fully saturated rings. The lowest BCUT2D eigenvalue weighted by atomic mass is 9.90. The number of fused-ring (bicyclic) bond motifs is 1. The summed E-state index contributed by atoms with van der Waals surface area (Å²) in [5.74, 6) is 1.07. The molecule has 32 heavy (non-hydrogen) atoms. The Bertz CT molecular complexity index is 1130. The molecule has 166 valence electrons. The number of methoxy groups -OCH3 is 2. The highest BCUT2D eigenvalue weighted by Crippen LogP contribution is 2.42. The van der Waals surface area contributed by atoms with Gasteiger partial charge in [-0.3, -0.25) is 14.9 Å². The maximum absolute atomic E-state index is 13.2. The van der Waals surface area contributed by atoms with Crippen LogP contribution in [0.2, 0.25) is 0 Å². The van der Waals surface area contributed by atoms with Gasteiger partial charge in [0.05, 0.1) is 25.2 Å². The van der Waals surface area contributed by atoms with Gasteiger partial charge in [-0.05, 0) is 47.2 Å². The number of nitro benzene ring substituents is 1. The number of carbonyl (C=O) groups is 1.